The molecule has 2 atom stereocenters. The predicted molar refractivity (Wildman–Crippen MR) is 194 cm³/mol. The van der Waals surface area contributed by atoms with Gasteiger partial charge in [-0.1, -0.05) is 43.6 Å². The molecule has 49 heavy (non-hydrogen) atoms. The average Bonchev–Trinajstić information content (AvgIpc) is 3.00. The highest BCUT2D eigenvalue weighted by Crippen LogP contribution is 2.48. The summed E-state index contributed by atoms with van der Waals surface area (Å²) in [6, 6.07) is 1.81. The van der Waals surface area contributed by atoms with E-state index in [9.17, 15) is 15.0 Å². The average molecular weight is 690 g/mol. The maximum absolute atomic E-state index is 12.5. The lowest BCUT2D eigenvalue weighted by Gasteiger charge is -2.33. The minimum atomic E-state index is -1.14. The van der Waals surface area contributed by atoms with E-state index in [1.807, 2.05) is 34.6 Å². The zero-order valence-electron chi connectivity index (χ0n) is 31.0. The summed E-state index contributed by atoms with van der Waals surface area (Å²) in [4.78, 5) is 12.5. The molecule has 0 aliphatic heterocycles. The van der Waals surface area contributed by atoms with Gasteiger partial charge >= 0.3 is 5.97 Å². The number of nitrogens with two attached hydrogens (primary N) is 2. The Hall–Kier alpha value is -3.09. The number of hydrazine groups is 1. The van der Waals surface area contributed by atoms with Gasteiger partial charge in [-0.15, -0.1) is 0 Å². The SMILES string of the molecule is C=C(C)C1CCC(C)=CC1c1c(OCCOC(C)(C)COC(C)(C)C/C(N)=C/N(N)CCOCCO)cc(CCCCC)c(C(=O)O)c1O. The van der Waals surface area contributed by atoms with Gasteiger partial charge in [0.15, 0.2) is 0 Å². The monoisotopic (exact) mass is 689 g/mol. The lowest BCUT2D eigenvalue weighted by atomic mass is 9.73. The molecule has 0 radical (unpaired) electrons. The third kappa shape index (κ3) is 14.0. The van der Waals surface area contributed by atoms with Gasteiger partial charge in [-0.25, -0.2) is 10.6 Å². The molecule has 278 valence electrons. The fourth-order valence-electron chi connectivity index (χ4n) is 6.14. The summed E-state index contributed by atoms with van der Waals surface area (Å²) in [5, 5.41) is 32.1. The number of rotatable bonds is 23. The van der Waals surface area contributed by atoms with Crippen molar-refractivity contribution in [1.82, 2.24) is 5.01 Å². The number of aliphatic hydroxyl groups is 1. The first-order chi connectivity index (χ1) is 23.0. The van der Waals surface area contributed by atoms with E-state index in [1.165, 1.54) is 10.6 Å². The molecule has 0 bridgehead atoms. The van der Waals surface area contributed by atoms with Crippen molar-refractivity contribution in [2.75, 3.05) is 46.2 Å². The van der Waals surface area contributed by atoms with Gasteiger partial charge in [0.25, 0.3) is 0 Å². The standard InChI is InChI=1S/C38H63N3O8/c1-9-10-11-12-28-22-32(34(35(43)33(28)36(44)45)31-21-27(4)13-14-30(31)26(2)3)47-19-20-48-38(7,8)25-49-37(5,6)23-29(39)24-41(40)15-17-46-18-16-42/h21-22,24,30-31,42-43H,2,9-20,23,25,39-40H2,1,3-8H3,(H,44,45)/b29-24-. The van der Waals surface area contributed by atoms with Crippen LogP contribution in [-0.2, 0) is 20.6 Å². The first-order valence-electron chi connectivity index (χ1n) is 17.5. The molecule has 1 aromatic rings. The molecule has 1 aliphatic rings. The van der Waals surface area contributed by atoms with E-state index in [-0.39, 0.29) is 49.6 Å². The number of carboxylic acid groups (broad SMARTS) is 1. The van der Waals surface area contributed by atoms with Crippen LogP contribution in [-0.4, -0.2) is 83.7 Å². The summed E-state index contributed by atoms with van der Waals surface area (Å²) in [5.41, 5.74) is 8.73. The number of ether oxygens (including phenoxy) is 4. The summed E-state index contributed by atoms with van der Waals surface area (Å²) in [5.74, 6) is 4.88. The van der Waals surface area contributed by atoms with Crippen LogP contribution in [0.3, 0.4) is 0 Å². The summed E-state index contributed by atoms with van der Waals surface area (Å²) >= 11 is 0. The van der Waals surface area contributed by atoms with Crippen molar-refractivity contribution in [3.8, 4) is 11.5 Å². The number of unbranched alkanes of at least 4 members (excludes halogenated alkanes) is 2. The molecule has 0 fully saturated rings. The summed E-state index contributed by atoms with van der Waals surface area (Å²) in [6.45, 7) is 19.9. The van der Waals surface area contributed by atoms with E-state index in [0.29, 0.717) is 55.2 Å². The van der Waals surface area contributed by atoms with Crippen molar-refractivity contribution in [1.29, 1.82) is 0 Å². The Bertz CT molecular complexity index is 1290. The number of hydrogen-bond donors (Lipinski definition) is 5. The molecule has 0 spiro atoms. The van der Waals surface area contributed by atoms with Crippen LogP contribution >= 0.6 is 0 Å². The van der Waals surface area contributed by atoms with Crippen LogP contribution in [0.25, 0.3) is 0 Å². The number of nitrogens with zero attached hydrogens (tertiary/aromatic N) is 1. The van der Waals surface area contributed by atoms with Crippen LogP contribution in [0.15, 0.2) is 41.8 Å². The summed E-state index contributed by atoms with van der Waals surface area (Å²) in [6.07, 6.45) is 9.29. The molecule has 0 saturated heterocycles. The number of carboxylic acids is 1. The van der Waals surface area contributed by atoms with Gasteiger partial charge in [0.1, 0.15) is 23.7 Å². The number of aromatic hydroxyl groups is 1. The normalized spacial score (nSPS) is 17.2. The Kier molecular flexibility index (Phi) is 17.1. The lowest BCUT2D eigenvalue weighted by Crippen LogP contribution is -2.38. The Labute approximate surface area is 293 Å². The first kappa shape index (κ1) is 42.1. The molecule has 11 nitrogen and oxygen atoms in total. The van der Waals surface area contributed by atoms with Crippen molar-refractivity contribution in [3.63, 3.8) is 0 Å². The molecular weight excluding hydrogens is 626 g/mol. The number of allylic oxidation sites excluding steroid dienone is 3. The molecule has 2 unspecified atom stereocenters. The second-order valence-corrected chi connectivity index (χ2v) is 14.4. The van der Waals surface area contributed by atoms with Crippen LogP contribution in [0.1, 0.15) is 114 Å². The number of aryl methyl sites for hydroxylation is 1. The van der Waals surface area contributed by atoms with Crippen molar-refractivity contribution in [3.05, 3.63) is 58.5 Å². The lowest BCUT2D eigenvalue weighted by molar-refractivity contribution is -0.123. The fourth-order valence-corrected chi connectivity index (χ4v) is 6.14. The van der Waals surface area contributed by atoms with Crippen LogP contribution in [0.2, 0.25) is 0 Å². The molecule has 11 heteroatoms. The number of phenols is 1. The van der Waals surface area contributed by atoms with Gasteiger partial charge in [0.05, 0.1) is 50.8 Å². The molecule has 2 rings (SSSR count). The van der Waals surface area contributed by atoms with E-state index in [1.54, 1.807) is 12.3 Å². The highest BCUT2D eigenvalue weighted by molar-refractivity contribution is 5.94. The molecule has 0 aromatic heterocycles. The third-order valence-corrected chi connectivity index (χ3v) is 8.70. The predicted octanol–water partition coefficient (Wildman–Crippen LogP) is 6.18. The molecule has 0 amide bonds. The van der Waals surface area contributed by atoms with E-state index < -0.39 is 17.2 Å². The topological polar surface area (TPSA) is 170 Å². The smallest absolute Gasteiger partial charge is 0.339 e. The maximum atomic E-state index is 12.5. The molecule has 7 N–H and O–H groups in total. The Morgan fingerprint density at radius 3 is 2.47 bits per heavy atom. The van der Waals surface area contributed by atoms with Crippen LogP contribution in [0, 0.1) is 5.92 Å². The van der Waals surface area contributed by atoms with Crippen molar-refractivity contribution < 1.29 is 39.1 Å². The zero-order valence-corrected chi connectivity index (χ0v) is 31.0. The van der Waals surface area contributed by atoms with E-state index in [0.717, 1.165) is 37.7 Å². The first-order valence-corrected chi connectivity index (χ1v) is 17.5. The Morgan fingerprint density at radius 1 is 1.12 bits per heavy atom. The van der Waals surface area contributed by atoms with Gasteiger partial charge in [0.2, 0.25) is 0 Å². The van der Waals surface area contributed by atoms with Gasteiger partial charge in [-0.2, -0.15) is 0 Å². The largest absolute Gasteiger partial charge is 0.507 e. The third-order valence-electron chi connectivity index (χ3n) is 8.70. The van der Waals surface area contributed by atoms with E-state index in [4.69, 9.17) is 35.6 Å². The van der Waals surface area contributed by atoms with Crippen LogP contribution in [0.4, 0.5) is 0 Å². The number of aromatic carboxylic acids is 1. The number of hydrogen-bond acceptors (Lipinski definition) is 10. The maximum Gasteiger partial charge on any atom is 0.339 e. The molecular formula is C38H63N3O8. The molecule has 1 aromatic carbocycles. The second-order valence-electron chi connectivity index (χ2n) is 14.4. The van der Waals surface area contributed by atoms with Crippen molar-refractivity contribution in [2.24, 2.45) is 17.5 Å². The Balaban J connectivity index is 2.16. The highest BCUT2D eigenvalue weighted by atomic mass is 16.6. The Morgan fingerprint density at radius 2 is 1.84 bits per heavy atom. The molecule has 0 heterocycles. The second kappa shape index (κ2) is 19.9. The van der Waals surface area contributed by atoms with E-state index in [2.05, 4.69) is 26.5 Å². The number of benzene rings is 1. The quantitative estimate of drug-likeness (QED) is 0.0385. The van der Waals surface area contributed by atoms with Gasteiger partial charge < -0.3 is 45.0 Å². The van der Waals surface area contributed by atoms with Gasteiger partial charge in [-0.05, 0) is 84.8 Å². The minimum absolute atomic E-state index is 0.0384. The minimum Gasteiger partial charge on any atom is -0.507 e. The van der Waals surface area contributed by atoms with Crippen molar-refractivity contribution >= 4 is 5.97 Å². The fraction of sp³-hybridized carbons (Fsp3) is 0.658. The summed E-state index contributed by atoms with van der Waals surface area (Å²) < 4.78 is 24.0. The van der Waals surface area contributed by atoms with Gasteiger partial charge in [0, 0.05) is 29.8 Å². The number of aliphatic hydroxyl groups excluding tert-OH is 1. The number of carbonyl (C=O) groups is 1. The van der Waals surface area contributed by atoms with Crippen LogP contribution in [0.5, 0.6) is 11.5 Å². The molecule has 0 saturated carbocycles. The highest BCUT2D eigenvalue weighted by Gasteiger charge is 2.34. The summed E-state index contributed by atoms with van der Waals surface area (Å²) in [7, 11) is 0. The zero-order chi connectivity index (χ0) is 36.8. The van der Waals surface area contributed by atoms with Crippen molar-refractivity contribution in [2.45, 2.75) is 111 Å². The van der Waals surface area contributed by atoms with E-state index >= 15 is 0 Å². The van der Waals surface area contributed by atoms with Gasteiger partial charge in [-0.3, -0.25) is 0 Å². The molecule has 1 aliphatic carbocycles. The van der Waals surface area contributed by atoms with Crippen LogP contribution < -0.4 is 16.3 Å².